The minimum absolute atomic E-state index is 0.0152. The summed E-state index contributed by atoms with van der Waals surface area (Å²) in [6, 6.07) is 12.5. The lowest BCUT2D eigenvalue weighted by molar-refractivity contribution is -0.0423. The van der Waals surface area contributed by atoms with Crippen LogP contribution >= 0.6 is 11.6 Å². The van der Waals surface area contributed by atoms with Crippen molar-refractivity contribution >= 4 is 43.1 Å². The van der Waals surface area contributed by atoms with Gasteiger partial charge in [0.05, 0.1) is 22.8 Å². The SMILES string of the molecule is C[Si](C)(C)CCOCn1cc(C(=O)c2ccccc2)nc1C(=O)N1CCC[C@@]2(C1)OC(=O)Nc1ccc(Cl)c(F)c12. The van der Waals surface area contributed by atoms with E-state index in [0.717, 1.165) is 6.04 Å². The van der Waals surface area contributed by atoms with Gasteiger partial charge in [-0.05, 0) is 31.0 Å². The number of amides is 2. The molecule has 1 saturated heterocycles. The number of carbonyl (C=O) groups excluding carboxylic acids is 3. The molecule has 2 aromatic carbocycles. The van der Waals surface area contributed by atoms with Gasteiger partial charge in [0, 0.05) is 33.0 Å². The van der Waals surface area contributed by atoms with E-state index in [2.05, 4.69) is 29.9 Å². The van der Waals surface area contributed by atoms with Crippen LogP contribution in [0.5, 0.6) is 0 Å². The van der Waals surface area contributed by atoms with E-state index in [-0.39, 0.29) is 46.9 Å². The van der Waals surface area contributed by atoms with Crippen LogP contribution in [0.4, 0.5) is 14.9 Å². The highest BCUT2D eigenvalue weighted by Gasteiger charge is 2.49. The smallest absolute Gasteiger partial charge is 0.412 e. The van der Waals surface area contributed by atoms with Crippen LogP contribution < -0.4 is 5.32 Å². The fourth-order valence-corrected chi connectivity index (χ4v) is 6.08. The lowest BCUT2D eigenvalue weighted by atomic mass is 9.83. The van der Waals surface area contributed by atoms with Gasteiger partial charge in [0.15, 0.2) is 11.4 Å². The number of imidazole rings is 1. The number of nitrogens with one attached hydrogen (secondary N) is 1. The minimum atomic E-state index is -1.42. The van der Waals surface area contributed by atoms with Crippen molar-refractivity contribution in [1.82, 2.24) is 14.5 Å². The van der Waals surface area contributed by atoms with Gasteiger partial charge in [-0.2, -0.15) is 0 Å². The number of piperidine rings is 1. The zero-order chi connectivity index (χ0) is 29.4. The maximum absolute atomic E-state index is 15.3. The Morgan fingerprint density at radius 2 is 1.95 bits per heavy atom. The summed E-state index contributed by atoms with van der Waals surface area (Å²) < 4.78 is 28.5. The van der Waals surface area contributed by atoms with Crippen molar-refractivity contribution in [3.05, 3.63) is 82.1 Å². The molecular formula is C29H32ClFN4O5Si. The summed E-state index contributed by atoms with van der Waals surface area (Å²) in [5.74, 6) is -1.50. The molecule has 0 saturated carbocycles. The van der Waals surface area contributed by atoms with Crippen LogP contribution in [0.1, 0.15) is 45.1 Å². The summed E-state index contributed by atoms with van der Waals surface area (Å²) in [5, 5.41) is 2.41. The third-order valence-electron chi connectivity index (χ3n) is 7.28. The predicted octanol–water partition coefficient (Wildman–Crippen LogP) is 5.91. The summed E-state index contributed by atoms with van der Waals surface area (Å²) in [6.45, 7) is 7.50. The molecule has 216 valence electrons. The number of hydrogen-bond donors (Lipinski definition) is 1. The Morgan fingerprint density at radius 3 is 2.68 bits per heavy atom. The van der Waals surface area contributed by atoms with Gasteiger partial charge in [0.2, 0.25) is 11.6 Å². The number of ketones is 1. The number of anilines is 1. The van der Waals surface area contributed by atoms with E-state index in [1.54, 1.807) is 24.3 Å². The molecule has 2 aliphatic rings. The summed E-state index contributed by atoms with van der Waals surface area (Å²) in [7, 11) is -1.35. The number of rotatable bonds is 8. The number of ether oxygens (including phenoxy) is 2. The molecule has 12 heteroatoms. The van der Waals surface area contributed by atoms with Crippen molar-refractivity contribution in [2.24, 2.45) is 0 Å². The van der Waals surface area contributed by atoms with Crippen molar-refractivity contribution in [3.63, 3.8) is 0 Å². The van der Waals surface area contributed by atoms with Crippen LogP contribution in [-0.2, 0) is 21.8 Å². The van der Waals surface area contributed by atoms with Crippen molar-refractivity contribution in [1.29, 1.82) is 0 Å². The largest absolute Gasteiger partial charge is 0.436 e. The maximum atomic E-state index is 15.3. The number of halogens is 2. The molecule has 5 rings (SSSR count). The molecule has 0 unspecified atom stereocenters. The van der Waals surface area contributed by atoms with Gasteiger partial charge >= 0.3 is 6.09 Å². The maximum Gasteiger partial charge on any atom is 0.412 e. The predicted molar refractivity (Wildman–Crippen MR) is 155 cm³/mol. The Bertz CT molecular complexity index is 1490. The first-order chi connectivity index (χ1) is 19.5. The lowest BCUT2D eigenvalue weighted by Crippen LogP contribution is -2.53. The number of carbonyl (C=O) groups is 3. The van der Waals surface area contributed by atoms with E-state index in [1.165, 1.54) is 27.8 Å². The normalized spacial score (nSPS) is 18.6. The fourth-order valence-electron chi connectivity index (χ4n) is 5.16. The second-order valence-corrected chi connectivity index (χ2v) is 17.6. The number of benzene rings is 2. The highest BCUT2D eigenvalue weighted by Crippen LogP contribution is 2.45. The van der Waals surface area contributed by atoms with Gasteiger partial charge in [0.25, 0.3) is 5.91 Å². The van der Waals surface area contributed by atoms with E-state index >= 15 is 4.39 Å². The van der Waals surface area contributed by atoms with Crippen LogP contribution in [0.2, 0.25) is 30.7 Å². The summed E-state index contributed by atoms with van der Waals surface area (Å²) >= 11 is 6.09. The summed E-state index contributed by atoms with van der Waals surface area (Å²) in [5.41, 5.74) is -0.505. The van der Waals surface area contributed by atoms with Crippen molar-refractivity contribution < 1.29 is 28.2 Å². The van der Waals surface area contributed by atoms with Gasteiger partial charge in [-0.15, -0.1) is 0 Å². The molecule has 0 radical (unpaired) electrons. The first-order valence-electron chi connectivity index (χ1n) is 13.5. The first-order valence-corrected chi connectivity index (χ1v) is 17.6. The quantitative estimate of drug-likeness (QED) is 0.196. The number of hydrogen-bond acceptors (Lipinski definition) is 6. The van der Waals surface area contributed by atoms with Gasteiger partial charge in [-0.3, -0.25) is 14.9 Å². The third-order valence-corrected chi connectivity index (χ3v) is 9.28. The fraction of sp³-hybridized carbons (Fsp3) is 0.379. The standard InChI is InChI=1S/C29H32ClFN4O5Si/c1-41(2,3)15-14-39-18-35-16-22(25(36)19-8-5-4-6-9-19)32-26(35)27(37)34-13-7-12-29(17-34)23-21(33-28(38)40-29)11-10-20(30)24(23)31/h4-6,8-11,16H,7,12-15,17-18H2,1-3H3,(H,33,38)/t29-/m0/s1. The average molecular weight is 599 g/mol. The van der Waals surface area contributed by atoms with Crippen LogP contribution in [0.3, 0.4) is 0 Å². The summed E-state index contributed by atoms with van der Waals surface area (Å²) in [6.07, 6.45) is 1.53. The molecule has 2 amide bonds. The van der Waals surface area contributed by atoms with Crippen LogP contribution in [0.15, 0.2) is 48.7 Å². The van der Waals surface area contributed by atoms with E-state index in [1.807, 2.05) is 6.07 Å². The molecule has 0 bridgehead atoms. The molecule has 1 fully saturated rings. The molecule has 1 N–H and O–H groups in total. The van der Waals surface area contributed by atoms with Crippen LogP contribution in [-0.4, -0.2) is 60.0 Å². The van der Waals surface area contributed by atoms with E-state index < -0.39 is 31.5 Å². The molecular weight excluding hydrogens is 567 g/mol. The van der Waals surface area contributed by atoms with Gasteiger partial charge in [-0.25, -0.2) is 14.2 Å². The lowest BCUT2D eigenvalue weighted by Gasteiger charge is -2.45. The van der Waals surface area contributed by atoms with Gasteiger partial charge in [0.1, 0.15) is 12.4 Å². The average Bonchev–Trinajstić information content (AvgIpc) is 3.36. The Hall–Kier alpha value is -3.54. The second kappa shape index (κ2) is 11.4. The molecule has 1 spiro atoms. The van der Waals surface area contributed by atoms with E-state index in [9.17, 15) is 14.4 Å². The Morgan fingerprint density at radius 1 is 1.20 bits per heavy atom. The molecule has 9 nitrogen and oxygen atoms in total. The topological polar surface area (TPSA) is 103 Å². The molecule has 1 aromatic heterocycles. The number of fused-ring (bicyclic) bond motifs is 2. The molecule has 2 aliphatic heterocycles. The minimum Gasteiger partial charge on any atom is -0.436 e. The highest BCUT2D eigenvalue weighted by molar-refractivity contribution is 6.76. The number of likely N-dealkylation sites (tertiary alicyclic amines) is 1. The zero-order valence-corrected chi connectivity index (χ0v) is 25.0. The molecule has 3 aromatic rings. The Balaban J connectivity index is 1.46. The van der Waals surface area contributed by atoms with Crippen LogP contribution in [0.25, 0.3) is 0 Å². The molecule has 1 atom stereocenters. The van der Waals surface area contributed by atoms with Crippen molar-refractivity contribution in [3.8, 4) is 0 Å². The summed E-state index contributed by atoms with van der Waals surface area (Å²) in [4.78, 5) is 45.6. The van der Waals surface area contributed by atoms with E-state index in [0.29, 0.717) is 31.6 Å². The Labute approximate surface area is 243 Å². The van der Waals surface area contributed by atoms with Crippen molar-refractivity contribution in [2.75, 3.05) is 25.0 Å². The van der Waals surface area contributed by atoms with E-state index in [4.69, 9.17) is 21.1 Å². The first kappa shape index (κ1) is 29.0. The third kappa shape index (κ3) is 6.07. The zero-order valence-electron chi connectivity index (χ0n) is 23.2. The second-order valence-electron chi connectivity index (χ2n) is 11.6. The highest BCUT2D eigenvalue weighted by atomic mass is 35.5. The number of aromatic nitrogens is 2. The number of nitrogens with zero attached hydrogens (tertiary/aromatic N) is 3. The molecule has 41 heavy (non-hydrogen) atoms. The molecule has 0 aliphatic carbocycles. The van der Waals surface area contributed by atoms with Gasteiger partial charge < -0.3 is 18.9 Å². The monoisotopic (exact) mass is 598 g/mol. The van der Waals surface area contributed by atoms with Gasteiger partial charge in [-0.1, -0.05) is 61.6 Å². The van der Waals surface area contributed by atoms with Crippen LogP contribution in [0, 0.1) is 5.82 Å². The van der Waals surface area contributed by atoms with Crippen molar-refractivity contribution in [2.45, 2.75) is 50.9 Å². The molecule has 3 heterocycles. The Kier molecular flexibility index (Phi) is 8.04.